The summed E-state index contributed by atoms with van der Waals surface area (Å²) in [5, 5.41) is 3.04. The molecule has 0 atom stereocenters. The number of anilines is 1. The van der Waals surface area contributed by atoms with E-state index in [1.807, 2.05) is 6.07 Å². The first-order chi connectivity index (χ1) is 5.24. The van der Waals surface area contributed by atoms with Crippen molar-refractivity contribution in [2.75, 3.05) is 5.32 Å². The van der Waals surface area contributed by atoms with Crippen LogP contribution >= 0.6 is 0 Å². The molecule has 0 aliphatic rings. The van der Waals surface area contributed by atoms with Gasteiger partial charge in [0.15, 0.2) is 0 Å². The lowest BCUT2D eigenvalue weighted by molar-refractivity contribution is 1.34. The molecular weight excluding hydrogens is 134 g/mol. The van der Waals surface area contributed by atoms with E-state index in [9.17, 15) is 0 Å². The molecule has 0 heterocycles. The third kappa shape index (κ3) is 1.84. The minimum Gasteiger partial charge on any atom is -0.362 e. The molecule has 0 amide bonds. The number of hydrogen-bond acceptors (Lipinski definition) is 1. The van der Waals surface area contributed by atoms with Gasteiger partial charge in [-0.2, -0.15) is 0 Å². The zero-order chi connectivity index (χ0) is 8.27. The summed E-state index contributed by atoms with van der Waals surface area (Å²) in [7, 11) is 0. The van der Waals surface area contributed by atoms with Gasteiger partial charge in [-0.1, -0.05) is 12.6 Å². The highest BCUT2D eigenvalue weighted by Gasteiger charge is 1.92. The first-order valence-corrected chi connectivity index (χ1v) is 3.68. The van der Waals surface area contributed by atoms with Gasteiger partial charge in [-0.25, -0.2) is 0 Å². The molecule has 1 aromatic carbocycles. The lowest BCUT2D eigenvalue weighted by Crippen LogP contribution is -1.87. The van der Waals surface area contributed by atoms with E-state index in [1.54, 1.807) is 6.20 Å². The molecule has 0 aliphatic heterocycles. The Morgan fingerprint density at radius 3 is 2.55 bits per heavy atom. The molecule has 0 aliphatic carbocycles. The van der Waals surface area contributed by atoms with Crippen LogP contribution in [0.3, 0.4) is 0 Å². The zero-order valence-corrected chi connectivity index (χ0v) is 7.02. The maximum absolute atomic E-state index is 3.60. The van der Waals surface area contributed by atoms with Crippen molar-refractivity contribution in [2.24, 2.45) is 0 Å². The van der Waals surface area contributed by atoms with Crippen molar-refractivity contribution in [3.05, 3.63) is 42.1 Å². The third-order valence-corrected chi connectivity index (χ3v) is 1.78. The normalized spacial score (nSPS) is 9.27. The fourth-order valence-corrected chi connectivity index (χ4v) is 0.949. The fraction of sp³-hybridized carbons (Fsp3) is 0.200. The molecule has 1 nitrogen and oxygen atoms in total. The molecule has 0 bridgehead atoms. The molecule has 0 aromatic heterocycles. The third-order valence-electron chi connectivity index (χ3n) is 1.78. The predicted molar refractivity (Wildman–Crippen MR) is 49.7 cm³/mol. The molecule has 58 valence electrons. The molecule has 1 aromatic rings. The quantitative estimate of drug-likeness (QED) is 0.678. The van der Waals surface area contributed by atoms with E-state index < -0.39 is 0 Å². The Bertz CT molecular complexity index is 264. The Labute approximate surface area is 67.8 Å². The summed E-state index contributed by atoms with van der Waals surface area (Å²) >= 11 is 0. The van der Waals surface area contributed by atoms with Crippen LogP contribution in [0.5, 0.6) is 0 Å². The first kappa shape index (κ1) is 7.86. The number of benzene rings is 1. The molecule has 1 N–H and O–H groups in total. The monoisotopic (exact) mass is 147 g/mol. The Hall–Kier alpha value is -1.24. The van der Waals surface area contributed by atoms with Gasteiger partial charge in [-0.05, 0) is 43.3 Å². The van der Waals surface area contributed by atoms with Crippen molar-refractivity contribution < 1.29 is 0 Å². The van der Waals surface area contributed by atoms with Gasteiger partial charge in [0.1, 0.15) is 0 Å². The number of nitrogens with one attached hydrogen (secondary N) is 1. The summed E-state index contributed by atoms with van der Waals surface area (Å²) in [6.45, 7) is 7.80. The zero-order valence-electron chi connectivity index (χ0n) is 7.02. The van der Waals surface area contributed by atoms with Crippen LogP contribution in [-0.4, -0.2) is 0 Å². The van der Waals surface area contributed by atoms with Crippen LogP contribution in [0.4, 0.5) is 5.69 Å². The van der Waals surface area contributed by atoms with E-state index >= 15 is 0 Å². The summed E-state index contributed by atoms with van der Waals surface area (Å²) in [6, 6.07) is 6.25. The van der Waals surface area contributed by atoms with E-state index in [2.05, 4.69) is 37.9 Å². The minimum atomic E-state index is 1.10. The Morgan fingerprint density at radius 2 is 2.00 bits per heavy atom. The summed E-state index contributed by atoms with van der Waals surface area (Å²) < 4.78 is 0. The second kappa shape index (κ2) is 3.24. The van der Waals surface area contributed by atoms with Crippen LogP contribution in [-0.2, 0) is 0 Å². The SMILES string of the molecule is C=CNc1ccc(C)c(C)c1. The molecule has 0 fully saturated rings. The van der Waals surface area contributed by atoms with Crippen molar-refractivity contribution in [3.8, 4) is 0 Å². The highest BCUT2D eigenvalue weighted by atomic mass is 14.8. The Balaban J connectivity index is 2.95. The molecule has 0 spiro atoms. The lowest BCUT2D eigenvalue weighted by atomic mass is 10.1. The molecule has 1 rings (SSSR count). The van der Waals surface area contributed by atoms with E-state index in [-0.39, 0.29) is 0 Å². The predicted octanol–water partition coefficient (Wildman–Crippen LogP) is 2.86. The van der Waals surface area contributed by atoms with Crippen LogP contribution in [0.15, 0.2) is 31.0 Å². The molecule has 0 unspecified atom stereocenters. The standard InChI is InChI=1S/C10H13N/c1-4-11-10-6-5-8(2)9(3)7-10/h4-7,11H,1H2,2-3H3. The molecule has 0 saturated carbocycles. The van der Waals surface area contributed by atoms with E-state index in [1.165, 1.54) is 11.1 Å². The molecule has 1 heteroatoms. The maximum atomic E-state index is 3.60. The van der Waals surface area contributed by atoms with Gasteiger partial charge in [0.2, 0.25) is 0 Å². The van der Waals surface area contributed by atoms with Gasteiger partial charge >= 0.3 is 0 Å². The largest absolute Gasteiger partial charge is 0.362 e. The average Bonchev–Trinajstić information content (AvgIpc) is 1.98. The lowest BCUT2D eigenvalue weighted by Gasteiger charge is -2.03. The highest BCUT2D eigenvalue weighted by molar-refractivity contribution is 5.49. The van der Waals surface area contributed by atoms with Gasteiger partial charge in [0.25, 0.3) is 0 Å². The van der Waals surface area contributed by atoms with Gasteiger partial charge in [-0.15, -0.1) is 0 Å². The van der Waals surface area contributed by atoms with Crippen LogP contribution in [0, 0.1) is 13.8 Å². The van der Waals surface area contributed by atoms with Crippen LogP contribution in [0.1, 0.15) is 11.1 Å². The van der Waals surface area contributed by atoms with E-state index in [0.29, 0.717) is 0 Å². The second-order valence-corrected chi connectivity index (χ2v) is 2.65. The summed E-state index contributed by atoms with van der Waals surface area (Å²) in [6.07, 6.45) is 1.68. The van der Waals surface area contributed by atoms with Crippen LogP contribution < -0.4 is 5.32 Å². The highest BCUT2D eigenvalue weighted by Crippen LogP contribution is 2.13. The van der Waals surface area contributed by atoms with Crippen molar-refractivity contribution in [3.63, 3.8) is 0 Å². The smallest absolute Gasteiger partial charge is 0.0382 e. The fourth-order valence-electron chi connectivity index (χ4n) is 0.949. The van der Waals surface area contributed by atoms with Crippen molar-refractivity contribution in [1.29, 1.82) is 0 Å². The molecular formula is C10H13N. The van der Waals surface area contributed by atoms with Gasteiger partial charge in [0, 0.05) is 5.69 Å². The Kier molecular flexibility index (Phi) is 2.32. The topological polar surface area (TPSA) is 12.0 Å². The molecule has 11 heavy (non-hydrogen) atoms. The first-order valence-electron chi connectivity index (χ1n) is 3.68. The molecule has 0 radical (unpaired) electrons. The van der Waals surface area contributed by atoms with E-state index in [0.717, 1.165) is 5.69 Å². The van der Waals surface area contributed by atoms with Crippen molar-refractivity contribution in [1.82, 2.24) is 0 Å². The summed E-state index contributed by atoms with van der Waals surface area (Å²) in [5.41, 5.74) is 3.72. The van der Waals surface area contributed by atoms with Gasteiger partial charge in [-0.3, -0.25) is 0 Å². The van der Waals surface area contributed by atoms with Crippen LogP contribution in [0.25, 0.3) is 0 Å². The van der Waals surface area contributed by atoms with E-state index in [4.69, 9.17) is 0 Å². The number of hydrogen-bond donors (Lipinski definition) is 1. The van der Waals surface area contributed by atoms with Crippen LogP contribution in [0.2, 0.25) is 0 Å². The van der Waals surface area contributed by atoms with Crippen molar-refractivity contribution in [2.45, 2.75) is 13.8 Å². The van der Waals surface area contributed by atoms with Gasteiger partial charge in [0.05, 0.1) is 0 Å². The molecule has 0 saturated heterocycles. The number of rotatable bonds is 2. The average molecular weight is 147 g/mol. The minimum absolute atomic E-state index is 1.10. The summed E-state index contributed by atoms with van der Waals surface area (Å²) in [5.74, 6) is 0. The number of aryl methyl sites for hydroxylation is 2. The Morgan fingerprint density at radius 1 is 1.27 bits per heavy atom. The van der Waals surface area contributed by atoms with Gasteiger partial charge < -0.3 is 5.32 Å². The maximum Gasteiger partial charge on any atom is 0.0382 e. The second-order valence-electron chi connectivity index (χ2n) is 2.65. The van der Waals surface area contributed by atoms with Crippen molar-refractivity contribution >= 4 is 5.69 Å². The summed E-state index contributed by atoms with van der Waals surface area (Å²) in [4.78, 5) is 0.